The van der Waals surface area contributed by atoms with E-state index in [9.17, 15) is 23.1 Å². The number of allylic oxidation sites excluding steroid dienone is 1. The van der Waals surface area contributed by atoms with Gasteiger partial charge in [-0.05, 0) is 36.6 Å². The lowest BCUT2D eigenvalue weighted by molar-refractivity contribution is -0.247. The molecule has 3 aromatic rings. The van der Waals surface area contributed by atoms with E-state index in [0.29, 0.717) is 5.52 Å². The van der Waals surface area contributed by atoms with E-state index in [1.54, 1.807) is 28.8 Å². The summed E-state index contributed by atoms with van der Waals surface area (Å²) in [7, 11) is 0. The molecule has 0 saturated heterocycles. The van der Waals surface area contributed by atoms with Crippen LogP contribution in [0.4, 0.5) is 23.7 Å². The molecular weight excluding hydrogens is 457 g/mol. The highest BCUT2D eigenvalue weighted by molar-refractivity contribution is 5.96. The fourth-order valence-electron chi connectivity index (χ4n) is 3.85. The molecule has 35 heavy (non-hydrogen) atoms. The molecule has 0 aliphatic rings. The Morgan fingerprint density at radius 3 is 2.49 bits per heavy atom. The standard InChI is InChI=1S/C26H29F3N4O2/c1-5-12-33-15-21(20-8-6-7-9-23(20)33)25(35,26(27,28)29)19-10-11-22(18(13-19)14-30)32-24(34)31-17(4)16(2)3/h5-11,13-17,30,35H,1,12H2,2-4H3,(H2,31,32,34). The molecule has 0 spiro atoms. The number of hydrogen-bond donors (Lipinski definition) is 4. The average molecular weight is 487 g/mol. The van der Waals surface area contributed by atoms with Crippen molar-refractivity contribution in [3.05, 3.63) is 78.0 Å². The highest BCUT2D eigenvalue weighted by Crippen LogP contribution is 2.47. The quantitative estimate of drug-likeness (QED) is 0.240. The van der Waals surface area contributed by atoms with E-state index in [4.69, 9.17) is 5.41 Å². The molecular formula is C26H29F3N4O2. The Labute approximate surface area is 202 Å². The van der Waals surface area contributed by atoms with Crippen LogP contribution in [0.3, 0.4) is 0 Å². The predicted octanol–water partition coefficient (Wildman–Crippen LogP) is 5.79. The Morgan fingerprint density at radius 1 is 1.20 bits per heavy atom. The average Bonchev–Trinajstić information content (AvgIpc) is 3.17. The maximum absolute atomic E-state index is 14.5. The zero-order valence-corrected chi connectivity index (χ0v) is 19.8. The molecule has 0 bridgehead atoms. The normalized spacial score (nSPS) is 14.4. The van der Waals surface area contributed by atoms with Gasteiger partial charge in [-0.25, -0.2) is 4.79 Å². The Balaban J connectivity index is 2.11. The lowest BCUT2D eigenvalue weighted by atomic mass is 9.84. The number of anilines is 1. The Hall–Kier alpha value is -3.59. The highest BCUT2D eigenvalue weighted by atomic mass is 19.4. The van der Waals surface area contributed by atoms with Crippen LogP contribution in [0.15, 0.2) is 61.3 Å². The molecule has 2 aromatic carbocycles. The number of alkyl halides is 3. The molecule has 0 radical (unpaired) electrons. The molecule has 0 fully saturated rings. The number of para-hydroxylation sites is 1. The van der Waals surface area contributed by atoms with E-state index in [1.807, 2.05) is 20.8 Å². The molecule has 1 heterocycles. The summed E-state index contributed by atoms with van der Waals surface area (Å²) in [6.07, 6.45) is -1.41. The maximum Gasteiger partial charge on any atom is 0.425 e. The van der Waals surface area contributed by atoms with Crippen molar-refractivity contribution in [2.24, 2.45) is 5.92 Å². The van der Waals surface area contributed by atoms with Crippen LogP contribution >= 0.6 is 0 Å². The van der Waals surface area contributed by atoms with Crippen LogP contribution in [-0.4, -0.2) is 34.1 Å². The lowest BCUT2D eigenvalue weighted by Gasteiger charge is -2.31. The highest BCUT2D eigenvalue weighted by Gasteiger charge is 2.57. The molecule has 0 aliphatic heterocycles. The number of benzene rings is 2. The summed E-state index contributed by atoms with van der Waals surface area (Å²) >= 11 is 0. The van der Waals surface area contributed by atoms with E-state index in [-0.39, 0.29) is 40.7 Å². The summed E-state index contributed by atoms with van der Waals surface area (Å²) in [5.74, 6) is 0.176. The minimum absolute atomic E-state index is 0.0207. The summed E-state index contributed by atoms with van der Waals surface area (Å²) in [5.41, 5.74) is -3.46. The fraction of sp³-hybridized carbons (Fsp3) is 0.308. The topological polar surface area (TPSA) is 90.1 Å². The van der Waals surface area contributed by atoms with Crippen molar-refractivity contribution in [2.75, 3.05) is 5.32 Å². The number of carbonyl (C=O) groups excluding carboxylic acids is 1. The van der Waals surface area contributed by atoms with Crippen molar-refractivity contribution in [1.82, 2.24) is 9.88 Å². The molecule has 2 amide bonds. The van der Waals surface area contributed by atoms with Gasteiger partial charge in [0, 0.05) is 47.0 Å². The molecule has 9 heteroatoms. The number of aliphatic hydroxyl groups is 1. The molecule has 186 valence electrons. The van der Waals surface area contributed by atoms with Crippen LogP contribution in [-0.2, 0) is 12.1 Å². The van der Waals surface area contributed by atoms with Gasteiger partial charge >= 0.3 is 12.2 Å². The van der Waals surface area contributed by atoms with Crippen molar-refractivity contribution in [2.45, 2.75) is 45.1 Å². The van der Waals surface area contributed by atoms with Crippen LogP contribution in [0, 0.1) is 11.3 Å². The van der Waals surface area contributed by atoms with Gasteiger partial charge in [0.05, 0.1) is 5.69 Å². The fourth-order valence-corrected chi connectivity index (χ4v) is 3.85. The van der Waals surface area contributed by atoms with Crippen molar-refractivity contribution >= 4 is 28.8 Å². The number of urea groups is 1. The summed E-state index contributed by atoms with van der Waals surface area (Å²) < 4.78 is 45.2. The van der Waals surface area contributed by atoms with Gasteiger partial charge in [-0.15, -0.1) is 6.58 Å². The van der Waals surface area contributed by atoms with Crippen molar-refractivity contribution in [3.63, 3.8) is 0 Å². The maximum atomic E-state index is 14.5. The summed E-state index contributed by atoms with van der Waals surface area (Å²) in [5, 5.41) is 24.6. The van der Waals surface area contributed by atoms with Crippen LogP contribution in [0.5, 0.6) is 0 Å². The van der Waals surface area contributed by atoms with Gasteiger partial charge in [0.1, 0.15) is 0 Å². The second-order valence-electron chi connectivity index (χ2n) is 8.79. The molecule has 0 aliphatic carbocycles. The number of nitrogens with one attached hydrogen (secondary N) is 3. The second-order valence-corrected chi connectivity index (χ2v) is 8.79. The first-order valence-electron chi connectivity index (χ1n) is 11.1. The van der Waals surface area contributed by atoms with Crippen LogP contribution in [0.25, 0.3) is 10.9 Å². The summed E-state index contributed by atoms with van der Waals surface area (Å²) in [6.45, 7) is 9.62. The van der Waals surface area contributed by atoms with Gasteiger partial charge in [0.25, 0.3) is 0 Å². The van der Waals surface area contributed by atoms with E-state index in [2.05, 4.69) is 17.2 Å². The molecule has 2 atom stereocenters. The number of nitrogens with zero attached hydrogens (tertiary/aromatic N) is 1. The number of rotatable bonds is 8. The third-order valence-corrected chi connectivity index (χ3v) is 6.15. The number of aromatic nitrogens is 1. The molecule has 4 N–H and O–H groups in total. The Kier molecular flexibility index (Phi) is 7.40. The molecule has 0 saturated carbocycles. The van der Waals surface area contributed by atoms with Crippen LogP contribution in [0.1, 0.15) is 37.5 Å². The predicted molar refractivity (Wildman–Crippen MR) is 132 cm³/mol. The van der Waals surface area contributed by atoms with Crippen LogP contribution < -0.4 is 10.6 Å². The number of hydrogen-bond acceptors (Lipinski definition) is 3. The summed E-state index contributed by atoms with van der Waals surface area (Å²) in [6, 6.07) is 9.27. The largest absolute Gasteiger partial charge is 0.425 e. The van der Waals surface area contributed by atoms with Gasteiger partial charge in [-0.2, -0.15) is 13.2 Å². The van der Waals surface area contributed by atoms with Crippen molar-refractivity contribution in [3.8, 4) is 0 Å². The smallest absolute Gasteiger partial charge is 0.372 e. The zero-order valence-electron chi connectivity index (χ0n) is 19.8. The lowest BCUT2D eigenvalue weighted by Crippen LogP contribution is -2.43. The molecule has 3 rings (SSSR count). The molecule has 2 unspecified atom stereocenters. The van der Waals surface area contributed by atoms with Crippen molar-refractivity contribution in [1.29, 1.82) is 5.41 Å². The number of carbonyl (C=O) groups is 1. The van der Waals surface area contributed by atoms with Gasteiger partial charge in [0.2, 0.25) is 5.60 Å². The van der Waals surface area contributed by atoms with Crippen LogP contribution in [0.2, 0.25) is 0 Å². The third-order valence-electron chi connectivity index (χ3n) is 6.15. The van der Waals surface area contributed by atoms with E-state index in [0.717, 1.165) is 18.3 Å². The number of amides is 2. The minimum Gasteiger partial charge on any atom is -0.372 e. The van der Waals surface area contributed by atoms with Gasteiger partial charge in [-0.3, -0.25) is 0 Å². The van der Waals surface area contributed by atoms with Gasteiger partial charge in [0.15, 0.2) is 0 Å². The first-order valence-corrected chi connectivity index (χ1v) is 11.1. The van der Waals surface area contributed by atoms with E-state index >= 15 is 0 Å². The number of halogens is 3. The zero-order chi connectivity index (χ0) is 26.0. The monoisotopic (exact) mass is 486 g/mol. The first kappa shape index (κ1) is 26.0. The van der Waals surface area contributed by atoms with Gasteiger partial charge < -0.3 is 25.7 Å². The molecule has 6 nitrogen and oxygen atoms in total. The third kappa shape index (κ3) is 4.95. The summed E-state index contributed by atoms with van der Waals surface area (Å²) in [4.78, 5) is 12.3. The Bertz CT molecular complexity index is 1250. The molecule has 1 aromatic heterocycles. The van der Waals surface area contributed by atoms with Crippen molar-refractivity contribution < 1.29 is 23.1 Å². The second kappa shape index (κ2) is 9.95. The van der Waals surface area contributed by atoms with E-state index < -0.39 is 23.4 Å². The SMILES string of the molecule is C=CCn1cc(C(O)(c2ccc(NC(=O)NC(C)C(C)C)c(C=N)c2)C(F)(F)F)c2ccccc21. The van der Waals surface area contributed by atoms with E-state index in [1.165, 1.54) is 18.3 Å². The Morgan fingerprint density at radius 2 is 1.89 bits per heavy atom. The first-order chi connectivity index (χ1) is 16.4. The van der Waals surface area contributed by atoms with Gasteiger partial charge in [-0.1, -0.05) is 44.2 Å². The number of fused-ring (bicyclic) bond motifs is 1. The minimum atomic E-state index is -5.07.